The third kappa shape index (κ3) is 5.58. The van der Waals surface area contributed by atoms with Crippen LogP contribution in [-0.4, -0.2) is 49.8 Å². The number of rotatable bonds is 5. The monoisotopic (exact) mass is 555 g/mol. The number of aromatic nitrogens is 3. The van der Waals surface area contributed by atoms with Gasteiger partial charge in [-0.1, -0.05) is 0 Å². The molecule has 2 unspecified atom stereocenters. The molecule has 2 aliphatic heterocycles. The average molecular weight is 556 g/mol. The molecule has 1 amide bonds. The number of ether oxygens (including phenoxy) is 2. The topological polar surface area (TPSA) is 93.3 Å². The number of nitriles is 1. The molecule has 2 fully saturated rings. The molecule has 0 N–H and O–H groups in total. The lowest BCUT2D eigenvalue weighted by atomic mass is 9.88. The molecule has 2 atom stereocenters. The number of amides is 1. The van der Waals surface area contributed by atoms with Crippen molar-refractivity contribution in [3.8, 4) is 23.1 Å². The largest absolute Gasteiger partial charge is 0.493 e. The summed E-state index contributed by atoms with van der Waals surface area (Å²) in [5.41, 5.74) is -0.522. The molecule has 3 aromatic rings. The van der Waals surface area contributed by atoms with E-state index in [1.807, 2.05) is 31.7 Å². The maximum absolute atomic E-state index is 14.1. The minimum absolute atomic E-state index is 0.0876. The zero-order valence-corrected chi connectivity index (χ0v) is 23.0. The number of hydrogen-bond acceptors (Lipinski definition) is 6. The summed E-state index contributed by atoms with van der Waals surface area (Å²) in [6.45, 7) is 5.67. The fraction of sp³-hybridized carbons (Fsp3) is 0.517. The first-order chi connectivity index (χ1) is 18.8. The van der Waals surface area contributed by atoms with Gasteiger partial charge in [0, 0.05) is 36.3 Å². The van der Waals surface area contributed by atoms with Crippen LogP contribution in [0.1, 0.15) is 64.3 Å². The van der Waals surface area contributed by atoms with Crippen molar-refractivity contribution in [2.45, 2.75) is 76.7 Å². The molecule has 0 saturated carbocycles. The standard InChI is InChI=1S/C29H32F3N5O3/c1-28(2,3)40-27(38)37-19-6-7-20(37)14-17(13-19)10-12-39-23-8-5-18(15-22(23)29(30,31)32)25-21-9-11-36(4)26(21)35-24(16-33)34-25/h5,8-9,11,15,17,19-20H,6-7,10,12-14H2,1-4H3. The van der Waals surface area contributed by atoms with Crippen LogP contribution < -0.4 is 4.74 Å². The van der Waals surface area contributed by atoms with Gasteiger partial charge in [-0.15, -0.1) is 0 Å². The quantitative estimate of drug-likeness (QED) is 0.358. The van der Waals surface area contributed by atoms with E-state index in [1.165, 1.54) is 12.1 Å². The molecule has 212 valence electrons. The first-order valence-corrected chi connectivity index (χ1v) is 13.4. The summed E-state index contributed by atoms with van der Waals surface area (Å²) >= 11 is 0. The van der Waals surface area contributed by atoms with E-state index < -0.39 is 17.3 Å². The summed E-state index contributed by atoms with van der Waals surface area (Å²) in [5.74, 6) is -0.115. The van der Waals surface area contributed by atoms with Crippen LogP contribution in [0.15, 0.2) is 30.5 Å². The van der Waals surface area contributed by atoms with E-state index in [0.717, 1.165) is 31.7 Å². The van der Waals surface area contributed by atoms with Crippen LogP contribution in [0.2, 0.25) is 0 Å². The van der Waals surface area contributed by atoms with Crippen molar-refractivity contribution in [3.05, 3.63) is 41.9 Å². The van der Waals surface area contributed by atoms with Crippen LogP contribution in [0, 0.1) is 17.2 Å². The van der Waals surface area contributed by atoms with Crippen molar-refractivity contribution in [2.75, 3.05) is 6.61 Å². The molecule has 11 heteroatoms. The average Bonchev–Trinajstić information content (AvgIpc) is 3.38. The van der Waals surface area contributed by atoms with Crippen molar-refractivity contribution >= 4 is 17.1 Å². The van der Waals surface area contributed by atoms with Gasteiger partial charge in [-0.2, -0.15) is 18.4 Å². The summed E-state index contributed by atoms with van der Waals surface area (Å²) < 4.78 is 55.3. The van der Waals surface area contributed by atoms with Gasteiger partial charge in [0.1, 0.15) is 23.1 Å². The van der Waals surface area contributed by atoms with Gasteiger partial charge in [-0.25, -0.2) is 14.8 Å². The van der Waals surface area contributed by atoms with Gasteiger partial charge in [-0.3, -0.25) is 0 Å². The highest BCUT2D eigenvalue weighted by Gasteiger charge is 2.44. The zero-order valence-electron chi connectivity index (χ0n) is 23.0. The lowest BCUT2D eigenvalue weighted by molar-refractivity contribution is -0.138. The minimum Gasteiger partial charge on any atom is -0.493 e. The van der Waals surface area contributed by atoms with E-state index >= 15 is 0 Å². The highest BCUT2D eigenvalue weighted by atomic mass is 19.4. The van der Waals surface area contributed by atoms with Crippen molar-refractivity contribution in [1.82, 2.24) is 19.4 Å². The van der Waals surface area contributed by atoms with Crippen molar-refractivity contribution in [3.63, 3.8) is 0 Å². The van der Waals surface area contributed by atoms with E-state index in [4.69, 9.17) is 9.47 Å². The Morgan fingerprint density at radius 2 is 1.82 bits per heavy atom. The van der Waals surface area contributed by atoms with Crippen molar-refractivity contribution in [2.24, 2.45) is 13.0 Å². The number of halogens is 3. The molecule has 4 heterocycles. The Morgan fingerprint density at radius 3 is 2.45 bits per heavy atom. The number of nitrogens with zero attached hydrogens (tertiary/aromatic N) is 5. The lowest BCUT2D eigenvalue weighted by Crippen LogP contribution is -2.48. The summed E-state index contributed by atoms with van der Waals surface area (Å²) in [4.78, 5) is 22.9. The van der Waals surface area contributed by atoms with E-state index in [2.05, 4.69) is 9.97 Å². The van der Waals surface area contributed by atoms with E-state index in [-0.39, 0.29) is 53.5 Å². The van der Waals surface area contributed by atoms with Gasteiger partial charge in [0.15, 0.2) is 0 Å². The smallest absolute Gasteiger partial charge is 0.419 e. The second-order valence-electron chi connectivity index (χ2n) is 11.6. The fourth-order valence-electron chi connectivity index (χ4n) is 5.91. The Balaban J connectivity index is 1.30. The molecule has 0 aliphatic carbocycles. The van der Waals surface area contributed by atoms with Crippen molar-refractivity contribution < 1.29 is 27.4 Å². The third-order valence-corrected chi connectivity index (χ3v) is 7.60. The number of fused-ring (bicyclic) bond motifs is 3. The van der Waals surface area contributed by atoms with Crippen LogP contribution in [0.5, 0.6) is 5.75 Å². The number of carbonyl (C=O) groups excluding carboxylic acids is 1. The lowest BCUT2D eigenvalue weighted by Gasteiger charge is -2.39. The number of carbonyl (C=O) groups is 1. The Bertz CT molecular complexity index is 1460. The normalized spacial score (nSPS) is 20.9. The molecular weight excluding hydrogens is 523 g/mol. The molecule has 5 rings (SSSR count). The van der Waals surface area contributed by atoms with Crippen LogP contribution in [0.25, 0.3) is 22.3 Å². The number of aryl methyl sites for hydroxylation is 1. The maximum Gasteiger partial charge on any atom is 0.419 e. The summed E-state index contributed by atoms with van der Waals surface area (Å²) in [5, 5.41) is 9.89. The van der Waals surface area contributed by atoms with Gasteiger partial charge < -0.3 is 18.9 Å². The van der Waals surface area contributed by atoms with E-state index in [0.29, 0.717) is 17.5 Å². The maximum atomic E-state index is 14.1. The number of benzene rings is 1. The molecule has 2 aliphatic rings. The molecule has 1 aromatic carbocycles. The zero-order chi connectivity index (χ0) is 28.8. The number of piperidine rings is 1. The second-order valence-corrected chi connectivity index (χ2v) is 11.6. The summed E-state index contributed by atoms with van der Waals surface area (Å²) in [6, 6.07) is 7.63. The molecular formula is C29H32F3N5O3. The molecule has 2 bridgehead atoms. The summed E-state index contributed by atoms with van der Waals surface area (Å²) in [7, 11) is 1.74. The molecule has 40 heavy (non-hydrogen) atoms. The predicted octanol–water partition coefficient (Wildman–Crippen LogP) is 6.47. The van der Waals surface area contributed by atoms with Crippen LogP contribution in [0.3, 0.4) is 0 Å². The molecule has 0 radical (unpaired) electrons. The first kappa shape index (κ1) is 27.7. The molecule has 2 aromatic heterocycles. The number of alkyl halides is 3. The van der Waals surface area contributed by atoms with Gasteiger partial charge >= 0.3 is 12.3 Å². The van der Waals surface area contributed by atoms with E-state index in [9.17, 15) is 23.2 Å². The van der Waals surface area contributed by atoms with Gasteiger partial charge in [0.25, 0.3) is 0 Å². The third-order valence-electron chi connectivity index (χ3n) is 7.60. The van der Waals surface area contributed by atoms with Crippen LogP contribution in [0.4, 0.5) is 18.0 Å². The highest BCUT2D eigenvalue weighted by Crippen LogP contribution is 2.42. The van der Waals surface area contributed by atoms with Crippen molar-refractivity contribution in [1.29, 1.82) is 5.26 Å². The Labute approximate surface area is 230 Å². The Morgan fingerprint density at radius 1 is 1.12 bits per heavy atom. The molecule has 8 nitrogen and oxygen atoms in total. The fourth-order valence-corrected chi connectivity index (χ4v) is 5.91. The second kappa shape index (κ2) is 10.3. The molecule has 2 saturated heterocycles. The SMILES string of the molecule is Cn1ccc2c(-c3ccc(OCCC4CC5CCC(C4)N5C(=O)OC(C)(C)C)c(C(F)(F)F)c3)nc(C#N)nc21. The minimum atomic E-state index is -4.65. The Kier molecular flexibility index (Phi) is 7.15. The van der Waals surface area contributed by atoms with Gasteiger partial charge in [0.2, 0.25) is 5.82 Å². The van der Waals surface area contributed by atoms with Crippen LogP contribution in [-0.2, 0) is 18.0 Å². The van der Waals surface area contributed by atoms with E-state index in [1.54, 1.807) is 23.9 Å². The Hall–Kier alpha value is -3.81. The summed E-state index contributed by atoms with van der Waals surface area (Å²) in [6.07, 6.45) is 0.760. The number of hydrogen-bond donors (Lipinski definition) is 0. The van der Waals surface area contributed by atoms with Gasteiger partial charge in [0.05, 0.1) is 17.9 Å². The first-order valence-electron chi connectivity index (χ1n) is 13.4. The molecule has 0 spiro atoms. The van der Waals surface area contributed by atoms with Crippen LogP contribution >= 0.6 is 0 Å². The predicted molar refractivity (Wildman–Crippen MR) is 141 cm³/mol. The highest BCUT2D eigenvalue weighted by molar-refractivity contribution is 5.91. The van der Waals surface area contributed by atoms with Gasteiger partial charge in [-0.05, 0) is 83.1 Å².